The van der Waals surface area contributed by atoms with Crippen molar-refractivity contribution in [1.82, 2.24) is 25.2 Å². The van der Waals surface area contributed by atoms with E-state index in [1.807, 2.05) is 44.2 Å². The molecule has 43 heavy (non-hydrogen) atoms. The molecule has 1 aliphatic rings. The average Bonchev–Trinajstić information content (AvgIpc) is 3.73. The average molecular weight is 601 g/mol. The molecule has 0 saturated carbocycles. The van der Waals surface area contributed by atoms with Crippen molar-refractivity contribution in [3.05, 3.63) is 70.5 Å². The number of ether oxygens (including phenoxy) is 1. The zero-order valence-corrected chi connectivity index (χ0v) is 25.0. The molecule has 1 fully saturated rings. The van der Waals surface area contributed by atoms with Gasteiger partial charge < -0.3 is 25.0 Å². The quantitative estimate of drug-likeness (QED) is 0.154. The van der Waals surface area contributed by atoms with Crippen molar-refractivity contribution in [2.45, 2.75) is 26.7 Å². The molecule has 0 atom stereocenters. The molecule has 11 nitrogen and oxygen atoms in total. The van der Waals surface area contributed by atoms with Crippen LogP contribution >= 0.6 is 11.3 Å². The predicted octanol–water partition coefficient (Wildman–Crippen LogP) is 4.23. The zero-order valence-electron chi connectivity index (χ0n) is 24.1. The molecule has 0 bridgehead atoms. The third kappa shape index (κ3) is 6.48. The molecular weight excluding hydrogens is 568 g/mol. The van der Waals surface area contributed by atoms with E-state index in [0.29, 0.717) is 58.9 Å². The Bertz CT molecular complexity index is 1690. The number of thiazole rings is 1. The number of ketones is 1. The Hall–Kier alpha value is -4.86. The van der Waals surface area contributed by atoms with Gasteiger partial charge in [-0.2, -0.15) is 5.26 Å². The Morgan fingerprint density at radius 2 is 1.91 bits per heavy atom. The van der Waals surface area contributed by atoms with Crippen molar-refractivity contribution in [2.75, 3.05) is 33.4 Å². The van der Waals surface area contributed by atoms with Gasteiger partial charge in [0.15, 0.2) is 0 Å². The summed E-state index contributed by atoms with van der Waals surface area (Å²) >= 11 is 1.20. The first kappa shape index (κ1) is 31.1. The molecular formula is C31H32N6O5S. The lowest BCUT2D eigenvalue weighted by atomic mass is 9.93. The smallest absolute Gasteiger partial charge is 0.295 e. The third-order valence-corrected chi connectivity index (χ3v) is 7.70. The van der Waals surface area contributed by atoms with Crippen LogP contribution in [0.15, 0.2) is 53.7 Å². The fourth-order valence-electron chi connectivity index (χ4n) is 4.80. The summed E-state index contributed by atoms with van der Waals surface area (Å²) < 4.78 is 5.47. The van der Waals surface area contributed by atoms with Crippen LogP contribution < -0.4 is 10.1 Å². The number of fused-ring (bicyclic) bond motifs is 1. The first-order valence-corrected chi connectivity index (χ1v) is 14.7. The lowest BCUT2D eigenvalue weighted by Gasteiger charge is -2.28. The topological polar surface area (TPSA) is 161 Å². The van der Waals surface area contributed by atoms with Crippen LogP contribution in [0.1, 0.15) is 53.1 Å². The summed E-state index contributed by atoms with van der Waals surface area (Å²) in [5.41, 5.74) is 3.58. The summed E-state index contributed by atoms with van der Waals surface area (Å²) in [6.45, 7) is 4.56. The van der Waals surface area contributed by atoms with E-state index in [1.54, 1.807) is 5.38 Å². The number of aliphatic hydroxyl groups excluding tert-OH is 1. The van der Waals surface area contributed by atoms with Crippen molar-refractivity contribution < 1.29 is 24.2 Å². The number of likely N-dealkylation sites (tertiary alicyclic amines) is 1. The summed E-state index contributed by atoms with van der Waals surface area (Å²) in [5, 5.41) is 23.6. The van der Waals surface area contributed by atoms with E-state index in [-0.39, 0.29) is 24.4 Å². The fourth-order valence-corrected chi connectivity index (χ4v) is 5.60. The van der Waals surface area contributed by atoms with Crippen molar-refractivity contribution in [3.63, 3.8) is 0 Å². The molecule has 4 aromatic rings. The van der Waals surface area contributed by atoms with Gasteiger partial charge in [0.05, 0.1) is 48.0 Å². The largest absolute Gasteiger partial charge is 0.494 e. The Morgan fingerprint density at radius 3 is 2.56 bits per heavy atom. The molecule has 12 heteroatoms. The summed E-state index contributed by atoms with van der Waals surface area (Å²) in [6.07, 6.45) is 3.91. The standard InChI is InChI=1S/C29H26N6O5S.C2H6/c1-40-22-15-33-25(28-34-21(16-41-28)27(38)31-9-12-36)24-23(22)20(14-32-24)26(37)29(39)35-10-7-18(8-11-35)19(13-30)17-5-3-2-4-6-17;1-2/h2-6,14-16,32,36H,7-12H2,1H3,(H,31,38);1-2H3. The molecule has 0 radical (unpaired) electrons. The van der Waals surface area contributed by atoms with Gasteiger partial charge in [0.2, 0.25) is 0 Å². The van der Waals surface area contributed by atoms with Gasteiger partial charge in [0.25, 0.3) is 17.6 Å². The number of aromatic nitrogens is 3. The maximum atomic E-state index is 13.5. The monoisotopic (exact) mass is 600 g/mol. The van der Waals surface area contributed by atoms with Crippen LogP contribution in [0.5, 0.6) is 5.75 Å². The van der Waals surface area contributed by atoms with Gasteiger partial charge >= 0.3 is 0 Å². The molecule has 5 rings (SSSR count). The number of benzene rings is 1. The van der Waals surface area contributed by atoms with Gasteiger partial charge in [0.1, 0.15) is 22.1 Å². The molecule has 1 saturated heterocycles. The predicted molar refractivity (Wildman–Crippen MR) is 164 cm³/mol. The molecule has 2 amide bonds. The molecule has 0 unspecified atom stereocenters. The Labute approximate surface area is 252 Å². The number of pyridine rings is 1. The Morgan fingerprint density at radius 1 is 1.19 bits per heavy atom. The highest BCUT2D eigenvalue weighted by Crippen LogP contribution is 2.36. The van der Waals surface area contributed by atoms with Gasteiger partial charge in [-0.1, -0.05) is 44.2 Å². The Balaban J connectivity index is 0.00000207. The number of hydrogen-bond donors (Lipinski definition) is 3. The minimum absolute atomic E-state index is 0.105. The number of nitrogens with zero attached hydrogens (tertiary/aromatic N) is 4. The number of amides is 2. The van der Waals surface area contributed by atoms with Gasteiger partial charge in [-0.3, -0.25) is 14.4 Å². The van der Waals surface area contributed by atoms with E-state index < -0.39 is 17.6 Å². The first-order valence-electron chi connectivity index (χ1n) is 13.9. The highest BCUT2D eigenvalue weighted by atomic mass is 32.1. The van der Waals surface area contributed by atoms with E-state index in [9.17, 15) is 19.6 Å². The first-order chi connectivity index (χ1) is 21.0. The van der Waals surface area contributed by atoms with Gasteiger partial charge in [-0.15, -0.1) is 11.3 Å². The van der Waals surface area contributed by atoms with Crippen LogP contribution in [0.2, 0.25) is 0 Å². The highest BCUT2D eigenvalue weighted by Gasteiger charge is 2.30. The van der Waals surface area contributed by atoms with E-state index in [4.69, 9.17) is 9.84 Å². The summed E-state index contributed by atoms with van der Waals surface area (Å²) in [5.74, 6) is -1.44. The number of rotatable bonds is 8. The lowest BCUT2D eigenvalue weighted by molar-refractivity contribution is -0.126. The van der Waals surface area contributed by atoms with E-state index in [1.165, 1.54) is 35.7 Å². The number of nitriles is 1. The number of nitrogens with one attached hydrogen (secondary N) is 2. The van der Waals surface area contributed by atoms with Crippen molar-refractivity contribution >= 4 is 45.4 Å². The summed E-state index contributed by atoms with van der Waals surface area (Å²) in [6, 6.07) is 11.7. The van der Waals surface area contributed by atoms with Crippen molar-refractivity contribution in [1.29, 1.82) is 5.26 Å². The zero-order chi connectivity index (χ0) is 30.9. The van der Waals surface area contributed by atoms with Crippen LogP contribution in [0.25, 0.3) is 27.2 Å². The van der Waals surface area contributed by atoms with Crippen LogP contribution in [0.4, 0.5) is 0 Å². The summed E-state index contributed by atoms with van der Waals surface area (Å²) in [4.78, 5) is 52.4. The molecule has 4 heterocycles. The molecule has 1 aromatic carbocycles. The number of carbonyl (C=O) groups is 3. The number of aliphatic hydroxyl groups is 1. The number of piperidine rings is 1. The van der Waals surface area contributed by atoms with E-state index in [0.717, 1.165) is 11.1 Å². The SMILES string of the molecule is CC.COc1cnc(-c2nc(C(=O)NCCO)cs2)c2[nH]cc(C(=O)C(=O)N3CCC(=C(C#N)c4ccccc4)CC3)c12. The second-order valence-corrected chi connectivity index (χ2v) is 10.1. The maximum Gasteiger partial charge on any atom is 0.295 e. The number of H-pyrrole nitrogens is 1. The van der Waals surface area contributed by atoms with Gasteiger partial charge in [-0.05, 0) is 24.0 Å². The summed E-state index contributed by atoms with van der Waals surface area (Å²) in [7, 11) is 1.45. The minimum Gasteiger partial charge on any atom is -0.494 e. The molecule has 3 N–H and O–H groups in total. The molecule has 222 valence electrons. The van der Waals surface area contributed by atoms with E-state index >= 15 is 0 Å². The normalized spacial score (nSPS) is 12.6. The van der Waals surface area contributed by atoms with Crippen LogP contribution in [0.3, 0.4) is 0 Å². The van der Waals surface area contributed by atoms with Crippen molar-refractivity contribution in [2.24, 2.45) is 0 Å². The second-order valence-electron chi connectivity index (χ2n) is 9.22. The fraction of sp³-hybridized carbons (Fsp3) is 0.290. The highest BCUT2D eigenvalue weighted by molar-refractivity contribution is 7.13. The molecule has 3 aromatic heterocycles. The number of aromatic amines is 1. The van der Waals surface area contributed by atoms with Crippen LogP contribution in [0, 0.1) is 11.3 Å². The number of carbonyl (C=O) groups excluding carboxylic acids is 3. The third-order valence-electron chi connectivity index (χ3n) is 6.85. The second kappa shape index (κ2) is 14.4. The van der Waals surface area contributed by atoms with Gasteiger partial charge in [-0.25, -0.2) is 9.97 Å². The molecule has 0 spiro atoms. The lowest BCUT2D eigenvalue weighted by Crippen LogP contribution is -2.40. The van der Waals surface area contributed by atoms with Crippen LogP contribution in [-0.2, 0) is 4.79 Å². The molecule has 0 aliphatic carbocycles. The number of hydrogen-bond acceptors (Lipinski definition) is 9. The number of methoxy groups -OCH3 is 1. The van der Waals surface area contributed by atoms with Crippen molar-refractivity contribution in [3.8, 4) is 22.5 Å². The minimum atomic E-state index is -0.689. The van der Waals surface area contributed by atoms with Gasteiger partial charge in [0, 0.05) is 31.2 Å². The number of allylic oxidation sites excluding steroid dienone is 1. The van der Waals surface area contributed by atoms with E-state index in [2.05, 4.69) is 26.3 Å². The Kier molecular flexibility index (Phi) is 10.4. The molecule has 1 aliphatic heterocycles. The maximum absolute atomic E-state index is 13.5. The van der Waals surface area contributed by atoms with Crippen LogP contribution in [-0.4, -0.2) is 75.9 Å². The number of Topliss-reactive ketones (excluding diaryl/α,β-unsaturated/α-hetero) is 1.